The molecule has 2 unspecified atom stereocenters. The Balaban J connectivity index is 1.69. The number of nitrogens with one attached hydrogen (secondary N) is 1. The van der Waals surface area contributed by atoms with Crippen molar-refractivity contribution in [3.8, 4) is 0 Å². The monoisotopic (exact) mass is 280 g/mol. The van der Waals surface area contributed by atoms with Crippen LogP contribution >= 0.6 is 0 Å². The number of hydrogen-bond donors (Lipinski definition) is 1. The van der Waals surface area contributed by atoms with E-state index in [1.165, 1.54) is 31.0 Å². The maximum atomic E-state index is 13.9. The second-order valence-electron chi connectivity index (χ2n) is 6.39. The molecule has 4 heteroatoms. The number of hydrogen-bond acceptors (Lipinski definition) is 2. The van der Waals surface area contributed by atoms with Gasteiger partial charge in [0.05, 0.1) is 5.69 Å². The van der Waals surface area contributed by atoms with E-state index in [9.17, 15) is 8.78 Å². The van der Waals surface area contributed by atoms with E-state index in [4.69, 9.17) is 0 Å². The zero-order valence-corrected chi connectivity index (χ0v) is 11.9. The molecule has 2 aliphatic rings. The molecule has 1 saturated heterocycles. The topological polar surface area (TPSA) is 15.3 Å². The van der Waals surface area contributed by atoms with Crippen molar-refractivity contribution in [2.24, 2.45) is 11.8 Å². The van der Waals surface area contributed by atoms with E-state index in [0.29, 0.717) is 17.6 Å². The zero-order chi connectivity index (χ0) is 14.1. The van der Waals surface area contributed by atoms with E-state index >= 15 is 0 Å². The number of benzene rings is 1. The van der Waals surface area contributed by atoms with Gasteiger partial charge in [0.15, 0.2) is 0 Å². The first kappa shape index (κ1) is 13.8. The Morgan fingerprint density at radius 2 is 2.05 bits per heavy atom. The summed E-state index contributed by atoms with van der Waals surface area (Å²) < 4.78 is 27.3. The van der Waals surface area contributed by atoms with Crippen molar-refractivity contribution in [2.75, 3.05) is 24.5 Å². The average molecular weight is 280 g/mol. The maximum Gasteiger partial charge on any atom is 0.146 e. The van der Waals surface area contributed by atoms with E-state index in [2.05, 4.69) is 12.2 Å². The van der Waals surface area contributed by atoms with Crippen molar-refractivity contribution in [1.29, 1.82) is 0 Å². The van der Waals surface area contributed by atoms with Gasteiger partial charge in [0.25, 0.3) is 0 Å². The molecule has 2 atom stereocenters. The van der Waals surface area contributed by atoms with E-state index in [0.717, 1.165) is 32.0 Å². The summed E-state index contributed by atoms with van der Waals surface area (Å²) in [6, 6.07) is 4.08. The van der Waals surface area contributed by atoms with Crippen LogP contribution in [0.2, 0.25) is 0 Å². The molecule has 0 aromatic heterocycles. The molecule has 1 saturated carbocycles. The summed E-state index contributed by atoms with van der Waals surface area (Å²) in [6.07, 6.45) is 3.77. The van der Waals surface area contributed by atoms with Gasteiger partial charge in [-0.1, -0.05) is 6.92 Å². The number of anilines is 1. The minimum Gasteiger partial charge on any atom is -0.367 e. The van der Waals surface area contributed by atoms with Crippen LogP contribution in [0.1, 0.15) is 26.2 Å². The summed E-state index contributed by atoms with van der Waals surface area (Å²) in [5, 5.41) is 3.59. The number of piperidine rings is 1. The highest BCUT2D eigenvalue weighted by Gasteiger charge is 2.28. The number of halogens is 2. The van der Waals surface area contributed by atoms with Gasteiger partial charge in [-0.3, -0.25) is 0 Å². The molecule has 0 radical (unpaired) electrons. The minimum atomic E-state index is -0.373. The van der Waals surface area contributed by atoms with Crippen LogP contribution in [0.15, 0.2) is 18.2 Å². The molecule has 1 heterocycles. The van der Waals surface area contributed by atoms with Crippen molar-refractivity contribution >= 4 is 5.69 Å². The predicted molar refractivity (Wildman–Crippen MR) is 76.9 cm³/mol. The Labute approximate surface area is 119 Å². The van der Waals surface area contributed by atoms with E-state index in [-0.39, 0.29) is 11.6 Å². The second-order valence-corrected chi connectivity index (χ2v) is 6.39. The van der Waals surface area contributed by atoms with Gasteiger partial charge >= 0.3 is 0 Å². The first-order chi connectivity index (χ1) is 9.61. The Kier molecular flexibility index (Phi) is 3.92. The molecule has 20 heavy (non-hydrogen) atoms. The fraction of sp³-hybridized carbons (Fsp3) is 0.625. The minimum absolute atomic E-state index is 0.332. The summed E-state index contributed by atoms with van der Waals surface area (Å²) in [4.78, 5) is 1.98. The van der Waals surface area contributed by atoms with Crippen molar-refractivity contribution in [1.82, 2.24) is 5.32 Å². The third-order valence-corrected chi connectivity index (χ3v) is 4.30. The highest BCUT2D eigenvalue weighted by Crippen LogP contribution is 2.29. The first-order valence-electron chi connectivity index (χ1n) is 7.55. The van der Waals surface area contributed by atoms with Crippen molar-refractivity contribution in [3.63, 3.8) is 0 Å². The molecule has 0 spiro atoms. The molecule has 1 aromatic carbocycles. The summed E-state index contributed by atoms with van der Waals surface area (Å²) in [7, 11) is 0. The SMILES string of the molecule is CC1CC(NCC2CC2)CN(c2cc(F)ccc2F)C1. The van der Waals surface area contributed by atoms with Crippen LogP contribution in [-0.2, 0) is 0 Å². The quantitative estimate of drug-likeness (QED) is 0.911. The molecule has 1 N–H and O–H groups in total. The van der Waals surface area contributed by atoms with E-state index in [1.54, 1.807) is 0 Å². The van der Waals surface area contributed by atoms with Gasteiger partial charge in [0, 0.05) is 25.2 Å². The van der Waals surface area contributed by atoms with Crippen LogP contribution < -0.4 is 10.2 Å². The van der Waals surface area contributed by atoms with Crippen molar-refractivity contribution < 1.29 is 8.78 Å². The van der Waals surface area contributed by atoms with Crippen LogP contribution in [0.5, 0.6) is 0 Å². The van der Waals surface area contributed by atoms with Gasteiger partial charge in [-0.2, -0.15) is 0 Å². The molecule has 110 valence electrons. The summed E-state index contributed by atoms with van der Waals surface area (Å²) in [6.45, 7) is 4.80. The average Bonchev–Trinajstić information content (AvgIpc) is 3.23. The van der Waals surface area contributed by atoms with Gasteiger partial charge in [-0.05, 0) is 49.8 Å². The lowest BCUT2D eigenvalue weighted by atomic mass is 9.95. The van der Waals surface area contributed by atoms with Gasteiger partial charge in [-0.15, -0.1) is 0 Å². The first-order valence-corrected chi connectivity index (χ1v) is 7.55. The van der Waals surface area contributed by atoms with Crippen LogP contribution in [-0.4, -0.2) is 25.7 Å². The van der Waals surface area contributed by atoms with Gasteiger partial charge < -0.3 is 10.2 Å². The van der Waals surface area contributed by atoms with E-state index < -0.39 is 0 Å². The predicted octanol–water partition coefficient (Wildman–Crippen LogP) is 3.18. The maximum absolute atomic E-state index is 13.9. The normalized spacial score (nSPS) is 26.9. The summed E-state index contributed by atoms with van der Waals surface area (Å²) in [5.74, 6) is 0.623. The smallest absolute Gasteiger partial charge is 0.146 e. The van der Waals surface area contributed by atoms with Crippen LogP contribution in [0.3, 0.4) is 0 Å². The van der Waals surface area contributed by atoms with Crippen LogP contribution in [0.25, 0.3) is 0 Å². The van der Waals surface area contributed by atoms with Crippen molar-refractivity contribution in [3.05, 3.63) is 29.8 Å². The summed E-state index contributed by atoms with van der Waals surface area (Å²) >= 11 is 0. The Morgan fingerprint density at radius 3 is 2.80 bits per heavy atom. The van der Waals surface area contributed by atoms with Gasteiger partial charge in [0.2, 0.25) is 0 Å². The lowest BCUT2D eigenvalue weighted by Crippen LogP contribution is -2.49. The lowest BCUT2D eigenvalue weighted by Gasteiger charge is -2.38. The third-order valence-electron chi connectivity index (χ3n) is 4.30. The molecular weight excluding hydrogens is 258 g/mol. The molecule has 1 aliphatic carbocycles. The highest BCUT2D eigenvalue weighted by atomic mass is 19.1. The van der Waals surface area contributed by atoms with E-state index in [1.807, 2.05) is 4.90 Å². The largest absolute Gasteiger partial charge is 0.367 e. The lowest BCUT2D eigenvalue weighted by molar-refractivity contribution is 0.345. The standard InChI is InChI=1S/C16H22F2N2/c1-11-6-14(19-8-12-2-3-12)10-20(9-11)16-7-13(17)4-5-15(16)18/h4-5,7,11-12,14,19H,2-3,6,8-10H2,1H3. The molecule has 1 aliphatic heterocycles. The molecule has 2 nitrogen and oxygen atoms in total. The second kappa shape index (κ2) is 5.68. The Morgan fingerprint density at radius 1 is 1.25 bits per heavy atom. The molecular formula is C16H22F2N2. The Hall–Kier alpha value is -1.16. The molecule has 0 bridgehead atoms. The molecule has 0 amide bonds. The molecule has 2 fully saturated rings. The fourth-order valence-electron chi connectivity index (χ4n) is 3.08. The van der Waals surface area contributed by atoms with Gasteiger partial charge in [0.1, 0.15) is 11.6 Å². The zero-order valence-electron chi connectivity index (χ0n) is 11.9. The Bertz CT molecular complexity index is 474. The fourth-order valence-corrected chi connectivity index (χ4v) is 3.08. The number of nitrogens with zero attached hydrogens (tertiary/aromatic N) is 1. The van der Waals surface area contributed by atoms with Gasteiger partial charge in [-0.25, -0.2) is 8.78 Å². The van der Waals surface area contributed by atoms with Crippen LogP contribution in [0.4, 0.5) is 14.5 Å². The van der Waals surface area contributed by atoms with Crippen LogP contribution in [0, 0.1) is 23.5 Å². The molecule has 1 aromatic rings. The number of rotatable bonds is 4. The molecule has 3 rings (SSSR count). The third kappa shape index (κ3) is 3.29. The highest BCUT2D eigenvalue weighted by molar-refractivity contribution is 5.48. The van der Waals surface area contributed by atoms with Crippen molar-refractivity contribution in [2.45, 2.75) is 32.2 Å². The summed E-state index contributed by atoms with van der Waals surface area (Å²) in [5.41, 5.74) is 0.398.